The zero-order valence-corrected chi connectivity index (χ0v) is 12.1. The minimum Gasteiger partial charge on any atom is -0.380 e. The molecule has 1 aromatic heterocycles. The largest absolute Gasteiger partial charge is 0.380 e. The summed E-state index contributed by atoms with van der Waals surface area (Å²) in [5.74, 6) is 0.740. The Hall–Kier alpha value is -1.11. The van der Waals surface area contributed by atoms with E-state index in [1.54, 1.807) is 11.8 Å². The summed E-state index contributed by atoms with van der Waals surface area (Å²) in [5, 5.41) is 7.33. The lowest BCUT2D eigenvalue weighted by Crippen LogP contribution is -2.28. The summed E-state index contributed by atoms with van der Waals surface area (Å²) in [5.41, 5.74) is 7.78. The van der Waals surface area contributed by atoms with E-state index in [0.29, 0.717) is 6.54 Å². The van der Waals surface area contributed by atoms with Gasteiger partial charge in [-0.3, -0.25) is 9.48 Å². The van der Waals surface area contributed by atoms with E-state index < -0.39 is 0 Å². The number of rotatable bonds is 5. The van der Waals surface area contributed by atoms with Crippen LogP contribution in [0.2, 0.25) is 0 Å². The molecule has 0 spiro atoms. The number of amides is 1. The first-order valence-electron chi connectivity index (χ1n) is 6.23. The zero-order valence-electron chi connectivity index (χ0n) is 11.3. The average Bonchev–Trinajstić information content (AvgIpc) is 2.90. The number of nitrogens with zero attached hydrogens (tertiary/aromatic N) is 2. The predicted octanol–water partition coefficient (Wildman–Crippen LogP) is 0.633. The van der Waals surface area contributed by atoms with Crippen molar-refractivity contribution in [3.05, 3.63) is 11.3 Å². The molecule has 0 bridgehead atoms. The molecule has 1 atom stereocenters. The fraction of sp³-hybridized carbons (Fsp3) is 0.667. The molecule has 0 fully saturated rings. The first kappa shape index (κ1) is 15.9. The van der Waals surface area contributed by atoms with Gasteiger partial charge in [-0.25, -0.2) is 0 Å². The number of carbonyl (C=O) groups excluding carboxylic acids is 1. The molecule has 1 amide bonds. The van der Waals surface area contributed by atoms with Gasteiger partial charge in [0.15, 0.2) is 0 Å². The summed E-state index contributed by atoms with van der Waals surface area (Å²) in [4.78, 5) is 11.9. The van der Waals surface area contributed by atoms with E-state index in [4.69, 9.17) is 10.5 Å². The van der Waals surface area contributed by atoms with Crippen LogP contribution in [0.1, 0.15) is 24.1 Å². The van der Waals surface area contributed by atoms with Gasteiger partial charge in [0, 0.05) is 26.3 Å². The van der Waals surface area contributed by atoms with Crippen molar-refractivity contribution >= 4 is 24.1 Å². The Bertz CT molecular complexity index is 443. The molecule has 0 saturated heterocycles. The molecule has 0 saturated carbocycles. The number of carbonyl (C=O) groups is 1. The normalized spacial score (nSPS) is 14.7. The van der Waals surface area contributed by atoms with Gasteiger partial charge >= 0.3 is 0 Å². The summed E-state index contributed by atoms with van der Waals surface area (Å²) in [6.07, 6.45) is 3.15. The lowest BCUT2D eigenvalue weighted by atomic mass is 10.2. The smallest absolute Gasteiger partial charge is 0.228 e. The summed E-state index contributed by atoms with van der Waals surface area (Å²) in [6, 6.07) is 0. The first-order valence-corrected chi connectivity index (χ1v) is 6.23. The number of anilines is 1. The summed E-state index contributed by atoms with van der Waals surface area (Å²) >= 11 is 0. The van der Waals surface area contributed by atoms with Gasteiger partial charge in [-0.05, 0) is 19.3 Å². The fourth-order valence-electron chi connectivity index (χ4n) is 2.33. The van der Waals surface area contributed by atoms with Crippen molar-refractivity contribution in [3.63, 3.8) is 0 Å². The van der Waals surface area contributed by atoms with Crippen LogP contribution in [0.3, 0.4) is 0 Å². The Labute approximate surface area is 119 Å². The molecule has 1 aromatic rings. The van der Waals surface area contributed by atoms with E-state index in [-0.39, 0.29) is 30.8 Å². The molecule has 1 aliphatic rings. The maximum Gasteiger partial charge on any atom is 0.228 e. The number of methoxy groups -OCH3 is 1. The lowest BCUT2D eigenvalue weighted by Gasteiger charge is -2.13. The van der Waals surface area contributed by atoms with Crippen LogP contribution in [-0.2, 0) is 29.4 Å². The number of nitrogens with one attached hydrogen (secondary N) is 1. The molecule has 0 aromatic carbocycles. The third kappa shape index (κ3) is 3.46. The van der Waals surface area contributed by atoms with Crippen molar-refractivity contribution in [1.82, 2.24) is 9.78 Å². The number of fused-ring (bicyclic) bond motifs is 1. The molecule has 1 aliphatic carbocycles. The molecule has 7 heteroatoms. The van der Waals surface area contributed by atoms with E-state index in [2.05, 4.69) is 10.4 Å². The van der Waals surface area contributed by atoms with Crippen LogP contribution in [0.5, 0.6) is 0 Å². The van der Waals surface area contributed by atoms with Gasteiger partial charge in [0.1, 0.15) is 5.82 Å². The second kappa shape index (κ2) is 6.88. The van der Waals surface area contributed by atoms with Crippen molar-refractivity contribution in [2.24, 2.45) is 12.8 Å². The highest BCUT2D eigenvalue weighted by atomic mass is 35.5. The second-order valence-corrected chi connectivity index (χ2v) is 4.60. The van der Waals surface area contributed by atoms with Gasteiger partial charge < -0.3 is 15.8 Å². The van der Waals surface area contributed by atoms with Gasteiger partial charge in [-0.1, -0.05) is 0 Å². The standard InChI is InChI=1S/C12H20N4O2.ClH/c1-16-12(9-4-3-5-10(9)15-16)14-11(17)6-8(7-13)18-2;/h8H,3-7,13H2,1-2H3,(H,14,17);1H. The van der Waals surface area contributed by atoms with E-state index >= 15 is 0 Å². The molecular formula is C12H21ClN4O2. The van der Waals surface area contributed by atoms with E-state index in [9.17, 15) is 4.79 Å². The zero-order chi connectivity index (χ0) is 13.1. The van der Waals surface area contributed by atoms with Crippen molar-refractivity contribution in [3.8, 4) is 0 Å². The molecule has 3 N–H and O–H groups in total. The second-order valence-electron chi connectivity index (χ2n) is 4.60. The van der Waals surface area contributed by atoms with Crippen LogP contribution in [0.4, 0.5) is 5.82 Å². The summed E-state index contributed by atoms with van der Waals surface area (Å²) in [6.45, 7) is 0.341. The first-order chi connectivity index (χ1) is 8.65. The number of nitrogens with two attached hydrogens (primary N) is 1. The highest BCUT2D eigenvalue weighted by Gasteiger charge is 2.22. The maximum atomic E-state index is 11.9. The third-order valence-corrected chi connectivity index (χ3v) is 3.34. The monoisotopic (exact) mass is 288 g/mol. The maximum absolute atomic E-state index is 11.9. The highest BCUT2D eigenvalue weighted by molar-refractivity contribution is 5.91. The number of hydrogen-bond donors (Lipinski definition) is 2. The van der Waals surface area contributed by atoms with Gasteiger partial charge in [-0.2, -0.15) is 5.10 Å². The molecular weight excluding hydrogens is 268 g/mol. The van der Waals surface area contributed by atoms with Crippen LogP contribution < -0.4 is 11.1 Å². The number of aryl methyl sites for hydroxylation is 2. The molecule has 2 rings (SSSR count). The van der Waals surface area contributed by atoms with Crippen molar-refractivity contribution in [2.45, 2.75) is 31.8 Å². The molecule has 6 nitrogen and oxygen atoms in total. The van der Waals surface area contributed by atoms with Crippen molar-refractivity contribution in [1.29, 1.82) is 0 Å². The topological polar surface area (TPSA) is 82.2 Å². The Balaban J connectivity index is 0.00000180. The number of ether oxygens (including phenoxy) is 1. The SMILES string of the molecule is COC(CN)CC(=O)Nc1c2c(nn1C)CCC2.Cl. The third-order valence-electron chi connectivity index (χ3n) is 3.34. The van der Waals surface area contributed by atoms with Gasteiger partial charge in [0.25, 0.3) is 0 Å². The fourth-order valence-corrected chi connectivity index (χ4v) is 2.33. The highest BCUT2D eigenvalue weighted by Crippen LogP contribution is 2.28. The van der Waals surface area contributed by atoms with Gasteiger partial charge in [0.2, 0.25) is 5.91 Å². The predicted molar refractivity (Wildman–Crippen MR) is 75.6 cm³/mol. The molecule has 19 heavy (non-hydrogen) atoms. The van der Waals surface area contributed by atoms with Crippen LogP contribution in [0, 0.1) is 0 Å². The Morgan fingerprint density at radius 3 is 2.95 bits per heavy atom. The van der Waals surface area contributed by atoms with E-state index in [1.165, 1.54) is 5.56 Å². The Morgan fingerprint density at radius 2 is 2.32 bits per heavy atom. The average molecular weight is 289 g/mol. The summed E-state index contributed by atoms with van der Waals surface area (Å²) in [7, 11) is 3.41. The molecule has 1 heterocycles. The van der Waals surface area contributed by atoms with Crippen molar-refractivity contribution in [2.75, 3.05) is 19.0 Å². The number of hydrogen-bond acceptors (Lipinski definition) is 4. The Morgan fingerprint density at radius 1 is 1.58 bits per heavy atom. The van der Waals surface area contributed by atoms with Crippen LogP contribution in [0.25, 0.3) is 0 Å². The lowest BCUT2D eigenvalue weighted by molar-refractivity contribution is -0.118. The van der Waals surface area contributed by atoms with Crippen LogP contribution in [0.15, 0.2) is 0 Å². The van der Waals surface area contributed by atoms with Gasteiger partial charge in [0.05, 0.1) is 18.2 Å². The minimum atomic E-state index is -0.230. The molecule has 0 radical (unpaired) electrons. The molecule has 0 aliphatic heterocycles. The minimum absolute atomic E-state index is 0. The number of aromatic nitrogens is 2. The van der Waals surface area contributed by atoms with Crippen LogP contribution >= 0.6 is 12.4 Å². The van der Waals surface area contributed by atoms with E-state index in [0.717, 1.165) is 30.8 Å². The van der Waals surface area contributed by atoms with Gasteiger partial charge in [-0.15, -0.1) is 12.4 Å². The van der Waals surface area contributed by atoms with E-state index in [1.807, 2.05) is 7.05 Å². The van der Waals surface area contributed by atoms with Crippen molar-refractivity contribution < 1.29 is 9.53 Å². The quantitative estimate of drug-likeness (QED) is 0.833. The molecule has 1 unspecified atom stereocenters. The summed E-state index contributed by atoms with van der Waals surface area (Å²) < 4.78 is 6.85. The Kier molecular flexibility index (Phi) is 5.78. The number of halogens is 1. The molecule has 108 valence electrons. The van der Waals surface area contributed by atoms with Crippen LogP contribution in [-0.4, -0.2) is 35.4 Å².